The van der Waals surface area contributed by atoms with Crippen LogP contribution in [0.3, 0.4) is 0 Å². The maximum atomic E-state index is 12.2. The number of hydrogen-bond donors (Lipinski definition) is 0. The van der Waals surface area contributed by atoms with Crippen molar-refractivity contribution in [1.82, 2.24) is 0 Å². The van der Waals surface area contributed by atoms with Crippen molar-refractivity contribution in [2.45, 2.75) is 19.8 Å². The van der Waals surface area contributed by atoms with Gasteiger partial charge in [0, 0.05) is 11.1 Å². The minimum absolute atomic E-state index is 0.409. The Labute approximate surface area is 165 Å². The monoisotopic (exact) mass is 370 g/mol. The highest BCUT2D eigenvalue weighted by Gasteiger charge is 2.08. The molecule has 140 valence electrons. The Hall–Kier alpha value is -3.51. The van der Waals surface area contributed by atoms with Gasteiger partial charge in [-0.25, -0.2) is 4.79 Å². The summed E-state index contributed by atoms with van der Waals surface area (Å²) >= 11 is 0. The van der Waals surface area contributed by atoms with Gasteiger partial charge in [0.05, 0.1) is 12.7 Å². The molecule has 0 aliphatic rings. The third kappa shape index (κ3) is 5.25. The van der Waals surface area contributed by atoms with E-state index >= 15 is 0 Å². The van der Waals surface area contributed by atoms with Crippen molar-refractivity contribution in [1.29, 1.82) is 0 Å². The molecule has 0 radical (unpaired) electrons. The number of carbonyl (C=O) groups excluding carboxylic acids is 1. The van der Waals surface area contributed by atoms with E-state index < -0.39 is 5.97 Å². The van der Waals surface area contributed by atoms with E-state index in [2.05, 4.69) is 30.9 Å². The van der Waals surface area contributed by atoms with E-state index in [1.807, 2.05) is 24.3 Å². The molecule has 3 aromatic rings. The Morgan fingerprint density at radius 3 is 1.86 bits per heavy atom. The minimum Gasteiger partial charge on any atom is -0.497 e. The fourth-order valence-corrected chi connectivity index (χ4v) is 2.69. The van der Waals surface area contributed by atoms with Crippen LogP contribution < -0.4 is 9.47 Å². The van der Waals surface area contributed by atoms with Crippen molar-refractivity contribution in [3.63, 3.8) is 0 Å². The summed E-state index contributed by atoms with van der Waals surface area (Å²) < 4.78 is 10.5. The number of aryl methyl sites for hydroxylation is 1. The molecule has 0 aliphatic heterocycles. The van der Waals surface area contributed by atoms with Crippen LogP contribution in [0, 0.1) is 11.8 Å². The summed E-state index contributed by atoms with van der Waals surface area (Å²) in [7, 11) is 1.58. The molecule has 3 rings (SSSR count). The lowest BCUT2D eigenvalue weighted by atomic mass is 10.1. The van der Waals surface area contributed by atoms with Gasteiger partial charge in [-0.3, -0.25) is 0 Å². The van der Waals surface area contributed by atoms with Crippen LogP contribution >= 0.6 is 0 Å². The quantitative estimate of drug-likeness (QED) is 0.349. The lowest BCUT2D eigenvalue weighted by molar-refractivity contribution is 0.0734. The van der Waals surface area contributed by atoms with E-state index in [1.165, 1.54) is 5.56 Å². The zero-order valence-corrected chi connectivity index (χ0v) is 16.1. The molecule has 3 aromatic carbocycles. The van der Waals surface area contributed by atoms with Gasteiger partial charge in [0.2, 0.25) is 0 Å². The maximum Gasteiger partial charge on any atom is 0.343 e. The summed E-state index contributed by atoms with van der Waals surface area (Å²) in [6.45, 7) is 2.17. The van der Waals surface area contributed by atoms with Gasteiger partial charge >= 0.3 is 5.97 Å². The van der Waals surface area contributed by atoms with Crippen LogP contribution in [-0.2, 0) is 6.42 Å². The minimum atomic E-state index is -0.409. The summed E-state index contributed by atoms with van der Waals surface area (Å²) in [5.74, 6) is 7.06. The van der Waals surface area contributed by atoms with Gasteiger partial charge in [0.1, 0.15) is 11.5 Å². The Morgan fingerprint density at radius 2 is 1.32 bits per heavy atom. The first-order chi connectivity index (χ1) is 13.7. The predicted molar refractivity (Wildman–Crippen MR) is 111 cm³/mol. The third-order valence-corrected chi connectivity index (χ3v) is 4.23. The van der Waals surface area contributed by atoms with Crippen molar-refractivity contribution < 1.29 is 14.3 Å². The Bertz CT molecular complexity index is 973. The molecule has 0 atom stereocenters. The van der Waals surface area contributed by atoms with Crippen molar-refractivity contribution in [3.8, 4) is 23.3 Å². The van der Waals surface area contributed by atoms with Crippen LogP contribution in [0.2, 0.25) is 0 Å². The first-order valence-corrected chi connectivity index (χ1v) is 9.25. The maximum absolute atomic E-state index is 12.2. The van der Waals surface area contributed by atoms with Crippen molar-refractivity contribution in [3.05, 3.63) is 95.1 Å². The molecule has 0 N–H and O–H groups in total. The van der Waals surface area contributed by atoms with Gasteiger partial charge in [0.25, 0.3) is 0 Å². The number of carbonyl (C=O) groups is 1. The molecular formula is C25H22O3. The van der Waals surface area contributed by atoms with Gasteiger partial charge in [0.15, 0.2) is 0 Å². The number of methoxy groups -OCH3 is 1. The number of ether oxygens (including phenoxy) is 2. The van der Waals surface area contributed by atoms with E-state index in [-0.39, 0.29) is 0 Å². The van der Waals surface area contributed by atoms with Crippen molar-refractivity contribution in [2.75, 3.05) is 7.11 Å². The van der Waals surface area contributed by atoms with Crippen LogP contribution in [0.1, 0.15) is 40.4 Å². The first kappa shape index (κ1) is 19.3. The molecule has 0 heterocycles. The molecule has 0 aliphatic carbocycles. The molecule has 3 heteroatoms. The van der Waals surface area contributed by atoms with Crippen molar-refractivity contribution >= 4 is 5.97 Å². The van der Waals surface area contributed by atoms with Gasteiger partial charge in [-0.15, -0.1) is 0 Å². The second-order valence-corrected chi connectivity index (χ2v) is 6.34. The second kappa shape index (κ2) is 9.43. The van der Waals surface area contributed by atoms with Crippen LogP contribution in [0.25, 0.3) is 0 Å². The molecule has 28 heavy (non-hydrogen) atoms. The molecule has 0 saturated carbocycles. The molecule has 0 unspecified atom stereocenters. The van der Waals surface area contributed by atoms with Gasteiger partial charge in [-0.2, -0.15) is 0 Å². The molecular weight excluding hydrogens is 348 g/mol. The highest BCUT2D eigenvalue weighted by Crippen LogP contribution is 2.16. The molecule has 3 nitrogen and oxygen atoms in total. The lowest BCUT2D eigenvalue weighted by Gasteiger charge is -2.05. The van der Waals surface area contributed by atoms with Crippen LogP contribution in [0.5, 0.6) is 11.5 Å². The van der Waals surface area contributed by atoms with Crippen LogP contribution in [0.4, 0.5) is 0 Å². The highest BCUT2D eigenvalue weighted by molar-refractivity contribution is 5.91. The number of rotatable bonds is 5. The largest absolute Gasteiger partial charge is 0.497 e. The fraction of sp³-hybridized carbons (Fsp3) is 0.160. The second-order valence-electron chi connectivity index (χ2n) is 6.34. The number of hydrogen-bond acceptors (Lipinski definition) is 3. The first-order valence-electron chi connectivity index (χ1n) is 9.25. The molecule has 0 bridgehead atoms. The standard InChI is InChI=1S/C25H22O3/c1-3-4-19-5-7-20(8-6-19)9-10-21-11-15-24(16-12-21)28-25(26)22-13-17-23(27-2)18-14-22/h5-8,11-18H,3-4H2,1-2H3. The topological polar surface area (TPSA) is 35.5 Å². The highest BCUT2D eigenvalue weighted by atomic mass is 16.5. The summed E-state index contributed by atoms with van der Waals surface area (Å²) in [6.07, 6.45) is 2.23. The summed E-state index contributed by atoms with van der Waals surface area (Å²) in [6, 6.07) is 22.3. The smallest absolute Gasteiger partial charge is 0.343 e. The van der Waals surface area contributed by atoms with E-state index in [0.717, 1.165) is 24.0 Å². The SMILES string of the molecule is CCCc1ccc(C#Cc2ccc(OC(=O)c3ccc(OC)cc3)cc2)cc1. The van der Waals surface area contributed by atoms with Crippen LogP contribution in [0.15, 0.2) is 72.8 Å². The van der Waals surface area contributed by atoms with Crippen molar-refractivity contribution in [2.24, 2.45) is 0 Å². The summed E-state index contributed by atoms with van der Waals surface area (Å²) in [5.41, 5.74) is 3.64. The predicted octanol–water partition coefficient (Wildman–Crippen LogP) is 5.27. The molecule has 0 aromatic heterocycles. The Balaban J connectivity index is 1.62. The average Bonchev–Trinajstić information content (AvgIpc) is 2.74. The van der Waals surface area contributed by atoms with Crippen LogP contribution in [-0.4, -0.2) is 13.1 Å². The Kier molecular flexibility index (Phi) is 6.49. The number of benzene rings is 3. The van der Waals surface area contributed by atoms with E-state index in [9.17, 15) is 4.79 Å². The van der Waals surface area contributed by atoms with E-state index in [0.29, 0.717) is 17.1 Å². The third-order valence-electron chi connectivity index (χ3n) is 4.23. The van der Waals surface area contributed by atoms with E-state index in [4.69, 9.17) is 9.47 Å². The van der Waals surface area contributed by atoms with E-state index in [1.54, 1.807) is 43.5 Å². The normalized spacial score (nSPS) is 9.93. The molecule has 0 spiro atoms. The molecule has 0 amide bonds. The average molecular weight is 370 g/mol. The summed E-state index contributed by atoms with van der Waals surface area (Å²) in [5, 5.41) is 0. The zero-order chi connectivity index (χ0) is 19.8. The fourth-order valence-electron chi connectivity index (χ4n) is 2.69. The number of esters is 1. The lowest BCUT2D eigenvalue weighted by Crippen LogP contribution is -2.08. The zero-order valence-electron chi connectivity index (χ0n) is 16.1. The van der Waals surface area contributed by atoms with Gasteiger partial charge < -0.3 is 9.47 Å². The summed E-state index contributed by atoms with van der Waals surface area (Å²) in [4.78, 5) is 12.2. The molecule has 0 fully saturated rings. The molecule has 0 saturated heterocycles. The Morgan fingerprint density at radius 1 is 0.786 bits per heavy atom. The van der Waals surface area contributed by atoms with Gasteiger partial charge in [-0.1, -0.05) is 37.3 Å². The van der Waals surface area contributed by atoms with Gasteiger partial charge in [-0.05, 0) is 72.6 Å².